The summed E-state index contributed by atoms with van der Waals surface area (Å²) in [4.78, 5) is 0. The second kappa shape index (κ2) is 8.43. The van der Waals surface area contributed by atoms with Gasteiger partial charge in [-0.05, 0) is 60.7 Å². The number of hydrogen-bond donors (Lipinski definition) is 0. The van der Waals surface area contributed by atoms with Gasteiger partial charge in [0.2, 0.25) is 0 Å². The zero-order chi connectivity index (χ0) is 15.6. The molecule has 0 atom stereocenters. The molecule has 0 saturated carbocycles. The Kier molecular flexibility index (Phi) is 5.95. The molecule has 0 heterocycles. The van der Waals surface area contributed by atoms with Gasteiger partial charge < -0.3 is 14.2 Å². The fourth-order valence-corrected chi connectivity index (χ4v) is 1.72. The Morgan fingerprint density at radius 2 is 1.36 bits per heavy atom. The van der Waals surface area contributed by atoms with Crippen LogP contribution in [0.3, 0.4) is 0 Å². The van der Waals surface area contributed by atoms with Crippen molar-refractivity contribution in [1.29, 1.82) is 0 Å². The highest BCUT2D eigenvalue weighted by molar-refractivity contribution is 5.40. The largest absolute Gasteiger partial charge is 0.497 e. The van der Waals surface area contributed by atoms with Gasteiger partial charge in [-0.1, -0.05) is 11.8 Å². The molecule has 0 unspecified atom stereocenters. The predicted octanol–water partition coefficient (Wildman–Crippen LogP) is 3.69. The average Bonchev–Trinajstić information content (AvgIpc) is 2.59. The number of methoxy groups -OCH3 is 2. The minimum Gasteiger partial charge on any atom is -0.497 e. The normalized spacial score (nSPS) is 9.91. The third-order valence-corrected chi connectivity index (χ3v) is 2.91. The summed E-state index contributed by atoms with van der Waals surface area (Å²) in [6, 6.07) is 15.1. The molecule has 0 aliphatic carbocycles. The van der Waals surface area contributed by atoms with Crippen LogP contribution < -0.4 is 14.2 Å². The van der Waals surface area contributed by atoms with Crippen molar-refractivity contribution in [1.82, 2.24) is 0 Å². The molecular formula is C19H18O3. The fraction of sp³-hybridized carbons (Fsp3) is 0.158. The van der Waals surface area contributed by atoms with Gasteiger partial charge in [0.25, 0.3) is 0 Å². The van der Waals surface area contributed by atoms with Crippen LogP contribution in [0.2, 0.25) is 0 Å². The van der Waals surface area contributed by atoms with E-state index in [9.17, 15) is 0 Å². The molecule has 0 fully saturated rings. The molecule has 0 radical (unpaired) electrons. The Bertz CT molecular complexity index is 659. The molecule has 2 rings (SSSR count). The van der Waals surface area contributed by atoms with E-state index in [0.29, 0.717) is 6.61 Å². The van der Waals surface area contributed by atoms with Crippen LogP contribution in [0, 0.1) is 11.8 Å². The lowest BCUT2D eigenvalue weighted by Gasteiger charge is -2.03. The minimum absolute atomic E-state index is 0.476. The molecule has 22 heavy (non-hydrogen) atoms. The first-order valence-electron chi connectivity index (χ1n) is 6.89. The van der Waals surface area contributed by atoms with Crippen LogP contribution in [-0.4, -0.2) is 20.8 Å². The van der Waals surface area contributed by atoms with E-state index in [-0.39, 0.29) is 0 Å². The van der Waals surface area contributed by atoms with Crippen LogP contribution in [0.15, 0.2) is 60.7 Å². The number of benzene rings is 2. The molecule has 2 aromatic carbocycles. The first-order valence-corrected chi connectivity index (χ1v) is 6.89. The summed E-state index contributed by atoms with van der Waals surface area (Å²) in [6.45, 7) is 0.476. The molecule has 0 spiro atoms. The third kappa shape index (κ3) is 4.92. The van der Waals surface area contributed by atoms with E-state index in [2.05, 4.69) is 11.8 Å². The van der Waals surface area contributed by atoms with Crippen molar-refractivity contribution in [2.24, 2.45) is 0 Å². The Morgan fingerprint density at radius 3 is 1.95 bits per heavy atom. The van der Waals surface area contributed by atoms with Gasteiger partial charge in [0.15, 0.2) is 0 Å². The molecule has 2 aromatic rings. The lowest BCUT2D eigenvalue weighted by molar-refractivity contribution is 0.361. The van der Waals surface area contributed by atoms with Gasteiger partial charge in [0.05, 0.1) is 14.2 Å². The van der Waals surface area contributed by atoms with E-state index in [1.165, 1.54) is 0 Å². The quantitative estimate of drug-likeness (QED) is 0.787. The van der Waals surface area contributed by atoms with E-state index in [4.69, 9.17) is 14.2 Å². The molecule has 3 heteroatoms. The molecule has 0 aromatic heterocycles. The summed E-state index contributed by atoms with van der Waals surface area (Å²) < 4.78 is 15.7. The van der Waals surface area contributed by atoms with Crippen LogP contribution in [0.25, 0.3) is 0 Å². The summed E-state index contributed by atoms with van der Waals surface area (Å²) in [5.74, 6) is 8.46. The van der Waals surface area contributed by atoms with Gasteiger partial charge in [-0.25, -0.2) is 0 Å². The molecule has 0 aliphatic heterocycles. The summed E-state index contributed by atoms with van der Waals surface area (Å²) in [5.41, 5.74) is 0.946. The Balaban J connectivity index is 1.79. The van der Waals surface area contributed by atoms with E-state index in [0.717, 1.165) is 22.8 Å². The number of ether oxygens (including phenoxy) is 3. The van der Waals surface area contributed by atoms with Gasteiger partial charge in [0, 0.05) is 5.56 Å². The topological polar surface area (TPSA) is 27.7 Å². The maximum atomic E-state index is 5.56. The molecular weight excluding hydrogens is 276 g/mol. The predicted molar refractivity (Wildman–Crippen MR) is 87.5 cm³/mol. The molecule has 112 valence electrons. The van der Waals surface area contributed by atoms with E-state index < -0.39 is 0 Å². The van der Waals surface area contributed by atoms with Crippen molar-refractivity contribution in [3.8, 4) is 29.1 Å². The lowest BCUT2D eigenvalue weighted by atomic mass is 10.2. The standard InChI is InChI=1S/C19H18O3/c1-20-17-9-7-16(8-10-17)6-4-3-5-15-22-19-13-11-18(21-2)12-14-19/h3,5,7-14H,15H2,1-2H3/b5-3-. The van der Waals surface area contributed by atoms with E-state index in [1.807, 2.05) is 54.6 Å². The second-order valence-corrected chi connectivity index (χ2v) is 4.39. The first-order chi connectivity index (χ1) is 10.8. The second-order valence-electron chi connectivity index (χ2n) is 4.39. The molecule has 0 aliphatic rings. The summed E-state index contributed by atoms with van der Waals surface area (Å²) in [7, 11) is 3.28. The van der Waals surface area contributed by atoms with Crippen molar-refractivity contribution in [2.75, 3.05) is 20.8 Å². The monoisotopic (exact) mass is 294 g/mol. The number of allylic oxidation sites excluding steroid dienone is 1. The lowest BCUT2D eigenvalue weighted by Crippen LogP contribution is -1.92. The van der Waals surface area contributed by atoms with Gasteiger partial charge in [-0.15, -0.1) is 0 Å². The fourth-order valence-electron chi connectivity index (χ4n) is 1.72. The molecule has 0 saturated heterocycles. The highest BCUT2D eigenvalue weighted by Gasteiger charge is 1.93. The maximum Gasteiger partial charge on any atom is 0.120 e. The van der Waals surface area contributed by atoms with Crippen LogP contribution in [0.1, 0.15) is 5.56 Å². The van der Waals surface area contributed by atoms with Gasteiger partial charge in [0.1, 0.15) is 23.9 Å². The van der Waals surface area contributed by atoms with E-state index >= 15 is 0 Å². The van der Waals surface area contributed by atoms with Crippen LogP contribution in [0.4, 0.5) is 0 Å². The van der Waals surface area contributed by atoms with Gasteiger partial charge in [-0.2, -0.15) is 0 Å². The summed E-state index contributed by atoms with van der Waals surface area (Å²) in [6.07, 6.45) is 3.66. The zero-order valence-corrected chi connectivity index (χ0v) is 12.7. The molecule has 3 nitrogen and oxygen atoms in total. The smallest absolute Gasteiger partial charge is 0.120 e. The van der Waals surface area contributed by atoms with Crippen molar-refractivity contribution < 1.29 is 14.2 Å². The summed E-state index contributed by atoms with van der Waals surface area (Å²) >= 11 is 0. The zero-order valence-electron chi connectivity index (χ0n) is 12.7. The highest BCUT2D eigenvalue weighted by atomic mass is 16.5. The van der Waals surface area contributed by atoms with Gasteiger partial charge in [-0.3, -0.25) is 0 Å². The van der Waals surface area contributed by atoms with Crippen molar-refractivity contribution in [3.63, 3.8) is 0 Å². The van der Waals surface area contributed by atoms with Crippen molar-refractivity contribution in [2.45, 2.75) is 0 Å². The Morgan fingerprint density at radius 1 is 0.818 bits per heavy atom. The molecule has 0 bridgehead atoms. The summed E-state index contributed by atoms with van der Waals surface area (Å²) in [5, 5.41) is 0. The van der Waals surface area contributed by atoms with Crippen LogP contribution in [0.5, 0.6) is 17.2 Å². The van der Waals surface area contributed by atoms with Crippen molar-refractivity contribution >= 4 is 0 Å². The third-order valence-electron chi connectivity index (χ3n) is 2.91. The Labute approximate surface area is 131 Å². The number of rotatable bonds is 5. The Hall–Kier alpha value is -2.86. The van der Waals surface area contributed by atoms with Gasteiger partial charge >= 0.3 is 0 Å². The molecule has 0 N–H and O–H groups in total. The van der Waals surface area contributed by atoms with Crippen LogP contribution >= 0.6 is 0 Å². The molecule has 0 amide bonds. The SMILES string of the molecule is COc1ccc(C#C/C=C\COc2ccc(OC)cc2)cc1. The maximum absolute atomic E-state index is 5.56. The highest BCUT2D eigenvalue weighted by Crippen LogP contribution is 2.16. The first kappa shape index (κ1) is 15.5. The average molecular weight is 294 g/mol. The van der Waals surface area contributed by atoms with Crippen LogP contribution in [-0.2, 0) is 0 Å². The van der Waals surface area contributed by atoms with Crippen molar-refractivity contribution in [3.05, 3.63) is 66.2 Å². The van der Waals surface area contributed by atoms with E-state index in [1.54, 1.807) is 20.3 Å². The number of hydrogen-bond acceptors (Lipinski definition) is 3. The minimum atomic E-state index is 0.476.